The van der Waals surface area contributed by atoms with Crippen LogP contribution in [0.5, 0.6) is 0 Å². The van der Waals surface area contributed by atoms with Crippen LogP contribution in [0.15, 0.2) is 43.0 Å². The molecule has 3 aliphatic rings. The molecule has 0 spiro atoms. The first-order valence-corrected chi connectivity index (χ1v) is 12.1. The maximum atomic E-state index is 13.1. The van der Waals surface area contributed by atoms with Gasteiger partial charge in [-0.15, -0.1) is 0 Å². The van der Waals surface area contributed by atoms with E-state index in [0.29, 0.717) is 18.6 Å². The van der Waals surface area contributed by atoms with E-state index in [1.54, 1.807) is 6.08 Å². The molecular weight excluding hydrogens is 388 g/mol. The minimum absolute atomic E-state index is 0.000274. The van der Waals surface area contributed by atoms with Crippen molar-refractivity contribution in [2.75, 3.05) is 32.8 Å². The lowest BCUT2D eigenvalue weighted by atomic mass is 9.79. The Hall–Kier alpha value is -1.85. The van der Waals surface area contributed by atoms with E-state index in [4.69, 9.17) is 9.47 Å². The van der Waals surface area contributed by atoms with Crippen molar-refractivity contribution in [2.45, 2.75) is 69.4 Å². The van der Waals surface area contributed by atoms with E-state index in [-0.39, 0.29) is 24.2 Å². The molecule has 2 aliphatic carbocycles. The topological polar surface area (TPSA) is 50.8 Å². The summed E-state index contributed by atoms with van der Waals surface area (Å²) in [4.78, 5) is 15.1. The predicted molar refractivity (Wildman–Crippen MR) is 123 cm³/mol. The van der Waals surface area contributed by atoms with Crippen LogP contribution in [0.25, 0.3) is 0 Å². The Morgan fingerprint density at radius 1 is 1.16 bits per heavy atom. The van der Waals surface area contributed by atoms with Crippen LogP contribution in [0, 0.1) is 5.41 Å². The van der Waals surface area contributed by atoms with E-state index in [2.05, 4.69) is 36.2 Å². The molecule has 170 valence electrons. The first-order chi connectivity index (χ1) is 15.2. The van der Waals surface area contributed by atoms with Crippen molar-refractivity contribution in [3.8, 4) is 0 Å². The van der Waals surface area contributed by atoms with Gasteiger partial charge in [-0.3, -0.25) is 0 Å². The number of nitrogens with one attached hydrogen (secondary N) is 1. The molecule has 0 bridgehead atoms. The first kappa shape index (κ1) is 22.3. The van der Waals surface area contributed by atoms with Gasteiger partial charge in [0.2, 0.25) is 0 Å². The van der Waals surface area contributed by atoms with E-state index >= 15 is 0 Å². The number of nitrogens with zero attached hydrogens (tertiary/aromatic N) is 1. The molecular formula is C26H38N2O3. The zero-order valence-electron chi connectivity index (χ0n) is 18.8. The number of benzene rings is 1. The summed E-state index contributed by atoms with van der Waals surface area (Å²) in [6.45, 7) is 7.38. The minimum Gasteiger partial charge on any atom is -0.445 e. The maximum absolute atomic E-state index is 13.1. The highest BCUT2D eigenvalue weighted by Crippen LogP contribution is 2.46. The lowest BCUT2D eigenvalue weighted by Gasteiger charge is -2.42. The normalized spacial score (nSPS) is 25.5. The SMILES string of the molecule is C=CCOC(=O)N(CC1(COC2CCCCC2)CCNCC1)C1CC1c1ccccc1. The number of rotatable bonds is 9. The average molecular weight is 427 g/mol. The van der Waals surface area contributed by atoms with Crippen LogP contribution in [0.3, 0.4) is 0 Å². The second-order valence-electron chi connectivity index (χ2n) is 9.63. The second-order valence-corrected chi connectivity index (χ2v) is 9.63. The molecule has 1 N–H and O–H groups in total. The molecule has 5 nitrogen and oxygen atoms in total. The van der Waals surface area contributed by atoms with Crippen LogP contribution in [0.4, 0.5) is 4.79 Å². The van der Waals surface area contributed by atoms with Gasteiger partial charge in [-0.1, -0.05) is 62.2 Å². The van der Waals surface area contributed by atoms with E-state index < -0.39 is 0 Å². The zero-order valence-corrected chi connectivity index (χ0v) is 18.8. The number of piperidine rings is 1. The summed E-state index contributed by atoms with van der Waals surface area (Å²) in [6, 6.07) is 10.8. The molecule has 31 heavy (non-hydrogen) atoms. The van der Waals surface area contributed by atoms with Crippen LogP contribution in [0.2, 0.25) is 0 Å². The molecule has 1 aromatic carbocycles. The van der Waals surface area contributed by atoms with Crippen LogP contribution in [-0.4, -0.2) is 56.0 Å². The third-order valence-corrected chi connectivity index (χ3v) is 7.29. The monoisotopic (exact) mass is 426 g/mol. The van der Waals surface area contributed by atoms with Gasteiger partial charge >= 0.3 is 6.09 Å². The number of carbonyl (C=O) groups excluding carboxylic acids is 1. The van der Waals surface area contributed by atoms with Gasteiger partial charge in [0.05, 0.1) is 12.7 Å². The van der Waals surface area contributed by atoms with Crippen LogP contribution in [-0.2, 0) is 9.47 Å². The number of hydrogen-bond donors (Lipinski definition) is 1. The average Bonchev–Trinajstić information content (AvgIpc) is 3.62. The summed E-state index contributed by atoms with van der Waals surface area (Å²) in [6.07, 6.45) is 11.1. The molecule has 1 saturated heterocycles. The van der Waals surface area contributed by atoms with Crippen LogP contribution < -0.4 is 5.32 Å². The van der Waals surface area contributed by atoms with Crippen molar-refractivity contribution >= 4 is 6.09 Å². The van der Waals surface area contributed by atoms with E-state index in [1.807, 2.05) is 11.0 Å². The summed E-state index contributed by atoms with van der Waals surface area (Å²) >= 11 is 0. The molecule has 4 rings (SSSR count). The maximum Gasteiger partial charge on any atom is 0.410 e. The summed E-state index contributed by atoms with van der Waals surface area (Å²) in [5.41, 5.74) is 1.31. The quantitative estimate of drug-likeness (QED) is 0.572. The first-order valence-electron chi connectivity index (χ1n) is 12.1. The van der Waals surface area contributed by atoms with Crippen LogP contribution in [0.1, 0.15) is 62.8 Å². The summed E-state index contributed by atoms with van der Waals surface area (Å²) in [5, 5.41) is 3.49. The van der Waals surface area contributed by atoms with Crippen LogP contribution >= 0.6 is 0 Å². The lowest BCUT2D eigenvalue weighted by molar-refractivity contribution is -0.0482. The van der Waals surface area contributed by atoms with Crippen molar-refractivity contribution in [2.24, 2.45) is 5.41 Å². The largest absolute Gasteiger partial charge is 0.445 e. The van der Waals surface area contributed by atoms with Gasteiger partial charge in [-0.05, 0) is 50.8 Å². The van der Waals surface area contributed by atoms with E-state index in [9.17, 15) is 4.79 Å². The third kappa shape index (κ3) is 5.89. The van der Waals surface area contributed by atoms with Gasteiger partial charge in [0.15, 0.2) is 0 Å². The van der Waals surface area contributed by atoms with Gasteiger partial charge in [-0.2, -0.15) is 0 Å². The highest BCUT2D eigenvalue weighted by molar-refractivity contribution is 5.69. The van der Waals surface area contributed by atoms with Crippen molar-refractivity contribution < 1.29 is 14.3 Å². The Morgan fingerprint density at radius 3 is 2.61 bits per heavy atom. The summed E-state index contributed by atoms with van der Waals surface area (Å²) in [5.74, 6) is 0.399. The Balaban J connectivity index is 1.47. The Morgan fingerprint density at radius 2 is 1.90 bits per heavy atom. The summed E-state index contributed by atoms with van der Waals surface area (Å²) < 4.78 is 12.0. The van der Waals surface area contributed by atoms with Crippen molar-refractivity contribution in [3.05, 3.63) is 48.6 Å². The van der Waals surface area contributed by atoms with Crippen molar-refractivity contribution in [1.29, 1.82) is 0 Å². The predicted octanol–water partition coefficient (Wildman–Crippen LogP) is 4.89. The third-order valence-electron chi connectivity index (χ3n) is 7.29. The van der Waals surface area contributed by atoms with Gasteiger partial charge in [-0.25, -0.2) is 4.79 Å². The smallest absolute Gasteiger partial charge is 0.410 e. The van der Waals surface area contributed by atoms with Gasteiger partial charge in [0.25, 0.3) is 0 Å². The standard InChI is InChI=1S/C26H38N2O3/c1-2-17-30-25(29)28(24-18-23(24)21-9-5-3-6-10-21)19-26(13-15-27-16-14-26)20-31-22-11-7-4-8-12-22/h2-3,5-6,9-10,22-24,27H,1,4,7-8,11-20H2. The number of ether oxygens (including phenoxy) is 2. The summed E-state index contributed by atoms with van der Waals surface area (Å²) in [7, 11) is 0. The molecule has 3 fully saturated rings. The number of carbonyl (C=O) groups is 1. The highest BCUT2D eigenvalue weighted by atomic mass is 16.6. The van der Waals surface area contributed by atoms with Gasteiger partial charge in [0.1, 0.15) is 6.61 Å². The molecule has 0 aromatic heterocycles. The molecule has 2 atom stereocenters. The van der Waals surface area contributed by atoms with Crippen molar-refractivity contribution in [3.63, 3.8) is 0 Å². The van der Waals surface area contributed by atoms with Gasteiger partial charge < -0.3 is 19.7 Å². The minimum atomic E-state index is -0.209. The second kappa shape index (κ2) is 10.6. The Kier molecular flexibility index (Phi) is 7.67. The van der Waals surface area contributed by atoms with Crippen molar-refractivity contribution in [1.82, 2.24) is 10.2 Å². The molecule has 0 radical (unpaired) electrons. The molecule has 5 heteroatoms. The Bertz CT molecular complexity index is 711. The van der Waals surface area contributed by atoms with E-state index in [0.717, 1.165) is 39.0 Å². The fraction of sp³-hybridized carbons (Fsp3) is 0.654. The molecule has 1 amide bonds. The fourth-order valence-electron chi connectivity index (χ4n) is 5.31. The zero-order chi connectivity index (χ0) is 21.5. The molecule has 2 saturated carbocycles. The molecule has 1 aromatic rings. The lowest BCUT2D eigenvalue weighted by Crippen LogP contribution is -2.50. The fourth-order valence-corrected chi connectivity index (χ4v) is 5.31. The van der Waals surface area contributed by atoms with E-state index in [1.165, 1.54) is 37.7 Å². The van der Waals surface area contributed by atoms with Gasteiger partial charge in [0, 0.05) is 23.9 Å². The molecule has 2 unspecified atom stereocenters. The number of amides is 1. The number of hydrogen-bond acceptors (Lipinski definition) is 4. The Labute approximate surface area is 187 Å². The molecule has 1 aliphatic heterocycles. The molecule has 1 heterocycles. The highest BCUT2D eigenvalue weighted by Gasteiger charge is 2.48.